The molecule has 3 aromatic rings. The maximum absolute atomic E-state index is 12.3. The summed E-state index contributed by atoms with van der Waals surface area (Å²) in [7, 11) is 0. The molecule has 0 unspecified atom stereocenters. The highest BCUT2D eigenvalue weighted by Crippen LogP contribution is 2.34. The van der Waals surface area contributed by atoms with Gasteiger partial charge in [-0.3, -0.25) is 9.59 Å². The first-order valence-electron chi connectivity index (χ1n) is 8.38. The fraction of sp³-hybridized carbons (Fsp3) is 0.150. The van der Waals surface area contributed by atoms with Crippen molar-refractivity contribution in [3.05, 3.63) is 71.9 Å². The van der Waals surface area contributed by atoms with Crippen molar-refractivity contribution < 1.29 is 14.1 Å². The molecule has 26 heavy (non-hydrogen) atoms. The minimum absolute atomic E-state index is 0.103. The smallest absolute Gasteiger partial charge is 0.232 e. The second-order valence-electron chi connectivity index (χ2n) is 6.16. The van der Waals surface area contributed by atoms with Crippen molar-refractivity contribution in [2.45, 2.75) is 18.9 Å². The Hall–Kier alpha value is -3.41. The first-order chi connectivity index (χ1) is 12.7. The maximum atomic E-state index is 12.3. The van der Waals surface area contributed by atoms with Crippen LogP contribution in [0.5, 0.6) is 0 Å². The van der Waals surface area contributed by atoms with Gasteiger partial charge in [-0.1, -0.05) is 53.7 Å². The molecule has 130 valence electrons. The van der Waals surface area contributed by atoms with Crippen molar-refractivity contribution >= 4 is 17.5 Å². The Morgan fingerprint density at radius 2 is 1.88 bits per heavy atom. The van der Waals surface area contributed by atoms with E-state index in [0.29, 0.717) is 11.5 Å². The number of rotatable bonds is 5. The molecule has 1 aliphatic heterocycles. The summed E-state index contributed by atoms with van der Waals surface area (Å²) < 4.78 is 5.31. The van der Waals surface area contributed by atoms with Crippen molar-refractivity contribution in [2.75, 3.05) is 5.32 Å². The van der Waals surface area contributed by atoms with Gasteiger partial charge in [-0.15, -0.1) is 0 Å². The molecule has 6 heteroatoms. The molecule has 2 N–H and O–H groups in total. The molecular formula is C20H17N3O3. The van der Waals surface area contributed by atoms with Gasteiger partial charge in [0, 0.05) is 23.7 Å². The molecule has 1 atom stereocenters. The normalized spacial score (nSPS) is 15.4. The number of amides is 2. The Bertz CT molecular complexity index is 950. The van der Waals surface area contributed by atoms with Gasteiger partial charge in [0.25, 0.3) is 0 Å². The predicted octanol–water partition coefficient (Wildman–Crippen LogP) is 3.08. The van der Waals surface area contributed by atoms with Crippen LogP contribution in [0.15, 0.2) is 65.2 Å². The van der Waals surface area contributed by atoms with E-state index in [1.165, 1.54) is 0 Å². The lowest BCUT2D eigenvalue weighted by Crippen LogP contribution is -2.26. The van der Waals surface area contributed by atoms with Crippen LogP contribution in [0.25, 0.3) is 11.3 Å². The van der Waals surface area contributed by atoms with Crippen LogP contribution >= 0.6 is 0 Å². The van der Waals surface area contributed by atoms with E-state index in [-0.39, 0.29) is 24.8 Å². The molecule has 1 aliphatic rings. The number of carbonyl (C=O) groups excluding carboxylic acids is 2. The molecular weight excluding hydrogens is 330 g/mol. The number of nitrogens with zero attached hydrogens (tertiary/aromatic N) is 1. The molecule has 0 saturated carbocycles. The van der Waals surface area contributed by atoms with E-state index >= 15 is 0 Å². The standard InChI is InChI=1S/C20H17N3O3/c24-19(11-16-15-8-4-5-9-17(15)22-20(16)25)21-12-14-10-18(26-23-14)13-6-2-1-3-7-13/h1-10,16H,11-12H2,(H,21,24)(H,22,25)/t16-/m1/s1. The molecule has 1 aromatic heterocycles. The monoisotopic (exact) mass is 347 g/mol. The third-order valence-corrected chi connectivity index (χ3v) is 4.38. The zero-order valence-electron chi connectivity index (χ0n) is 13.9. The fourth-order valence-corrected chi connectivity index (χ4v) is 3.06. The molecule has 0 saturated heterocycles. The minimum atomic E-state index is -0.455. The maximum Gasteiger partial charge on any atom is 0.232 e. The van der Waals surface area contributed by atoms with Crippen LogP contribution in [-0.2, 0) is 16.1 Å². The zero-order chi connectivity index (χ0) is 17.9. The van der Waals surface area contributed by atoms with E-state index in [2.05, 4.69) is 15.8 Å². The second kappa shape index (κ2) is 6.84. The quantitative estimate of drug-likeness (QED) is 0.743. The van der Waals surface area contributed by atoms with E-state index < -0.39 is 5.92 Å². The number of anilines is 1. The summed E-state index contributed by atoms with van der Waals surface area (Å²) in [6.07, 6.45) is 0.103. The molecule has 0 aliphatic carbocycles. The lowest BCUT2D eigenvalue weighted by molar-refractivity contribution is -0.125. The van der Waals surface area contributed by atoms with Gasteiger partial charge in [-0.05, 0) is 11.6 Å². The largest absolute Gasteiger partial charge is 0.356 e. The van der Waals surface area contributed by atoms with Crippen molar-refractivity contribution in [3.63, 3.8) is 0 Å². The number of para-hydroxylation sites is 1. The summed E-state index contributed by atoms with van der Waals surface area (Å²) in [4.78, 5) is 24.3. The topological polar surface area (TPSA) is 84.2 Å². The van der Waals surface area contributed by atoms with Gasteiger partial charge in [0.2, 0.25) is 11.8 Å². The van der Waals surface area contributed by atoms with Gasteiger partial charge in [-0.25, -0.2) is 0 Å². The Labute approximate surface area is 150 Å². The lowest BCUT2D eigenvalue weighted by atomic mass is 9.97. The van der Waals surface area contributed by atoms with Crippen LogP contribution in [0, 0.1) is 0 Å². The summed E-state index contributed by atoms with van der Waals surface area (Å²) in [5, 5.41) is 9.58. The Kier molecular flexibility index (Phi) is 4.23. The van der Waals surface area contributed by atoms with Crippen LogP contribution in [0.3, 0.4) is 0 Å². The molecule has 0 radical (unpaired) electrons. The molecule has 0 fully saturated rings. The molecule has 2 heterocycles. The highest BCUT2D eigenvalue weighted by atomic mass is 16.5. The molecule has 6 nitrogen and oxygen atoms in total. The second-order valence-corrected chi connectivity index (χ2v) is 6.16. The van der Waals surface area contributed by atoms with Crippen LogP contribution in [-0.4, -0.2) is 17.0 Å². The number of fused-ring (bicyclic) bond motifs is 1. The average molecular weight is 347 g/mol. The van der Waals surface area contributed by atoms with Gasteiger partial charge >= 0.3 is 0 Å². The number of hydrogen-bond donors (Lipinski definition) is 2. The predicted molar refractivity (Wildman–Crippen MR) is 96.2 cm³/mol. The number of carbonyl (C=O) groups is 2. The van der Waals surface area contributed by atoms with E-state index in [1.54, 1.807) is 6.07 Å². The first kappa shape index (κ1) is 16.1. The molecule has 2 amide bonds. The number of hydrogen-bond acceptors (Lipinski definition) is 4. The average Bonchev–Trinajstić information content (AvgIpc) is 3.26. The number of aromatic nitrogens is 1. The Morgan fingerprint density at radius 3 is 2.73 bits per heavy atom. The van der Waals surface area contributed by atoms with E-state index in [9.17, 15) is 9.59 Å². The van der Waals surface area contributed by atoms with Gasteiger partial charge in [0.05, 0.1) is 12.5 Å². The van der Waals surface area contributed by atoms with Gasteiger partial charge in [0.15, 0.2) is 5.76 Å². The Morgan fingerprint density at radius 1 is 1.12 bits per heavy atom. The summed E-state index contributed by atoms with van der Waals surface area (Å²) in [5.74, 6) is -0.150. The fourth-order valence-electron chi connectivity index (χ4n) is 3.06. The molecule has 2 aromatic carbocycles. The first-order valence-corrected chi connectivity index (χ1v) is 8.38. The molecule has 0 spiro atoms. The van der Waals surface area contributed by atoms with Crippen molar-refractivity contribution in [3.8, 4) is 11.3 Å². The van der Waals surface area contributed by atoms with Crippen LogP contribution < -0.4 is 10.6 Å². The number of benzene rings is 2. The highest BCUT2D eigenvalue weighted by Gasteiger charge is 2.31. The van der Waals surface area contributed by atoms with Gasteiger partial charge in [-0.2, -0.15) is 0 Å². The molecule has 0 bridgehead atoms. The Balaban J connectivity index is 1.36. The third kappa shape index (κ3) is 3.21. The van der Waals surface area contributed by atoms with Gasteiger partial charge < -0.3 is 15.2 Å². The lowest BCUT2D eigenvalue weighted by Gasteiger charge is -2.08. The van der Waals surface area contributed by atoms with Gasteiger partial charge in [0.1, 0.15) is 5.69 Å². The van der Waals surface area contributed by atoms with Crippen molar-refractivity contribution in [1.82, 2.24) is 10.5 Å². The van der Waals surface area contributed by atoms with Crippen molar-refractivity contribution in [2.24, 2.45) is 0 Å². The third-order valence-electron chi connectivity index (χ3n) is 4.38. The summed E-state index contributed by atoms with van der Waals surface area (Å²) in [6.45, 7) is 0.255. The summed E-state index contributed by atoms with van der Waals surface area (Å²) in [5.41, 5.74) is 3.20. The van der Waals surface area contributed by atoms with Crippen LogP contribution in [0.4, 0.5) is 5.69 Å². The van der Waals surface area contributed by atoms with Crippen LogP contribution in [0.2, 0.25) is 0 Å². The van der Waals surface area contributed by atoms with Crippen LogP contribution in [0.1, 0.15) is 23.6 Å². The highest BCUT2D eigenvalue weighted by molar-refractivity contribution is 6.04. The van der Waals surface area contributed by atoms with E-state index in [4.69, 9.17) is 4.52 Å². The van der Waals surface area contributed by atoms with Crippen molar-refractivity contribution in [1.29, 1.82) is 0 Å². The molecule has 4 rings (SSSR count). The van der Waals surface area contributed by atoms with E-state index in [0.717, 1.165) is 16.8 Å². The minimum Gasteiger partial charge on any atom is -0.356 e. The summed E-state index contributed by atoms with van der Waals surface area (Å²) >= 11 is 0. The SMILES string of the molecule is O=C(C[C@H]1C(=O)Nc2ccccc21)NCc1cc(-c2ccccc2)on1. The summed E-state index contributed by atoms with van der Waals surface area (Å²) in [6, 6.07) is 18.9. The number of nitrogens with one attached hydrogen (secondary N) is 2. The van der Waals surface area contributed by atoms with E-state index in [1.807, 2.05) is 54.6 Å². The zero-order valence-corrected chi connectivity index (χ0v) is 13.9.